The Bertz CT molecular complexity index is 2870. The van der Waals surface area contributed by atoms with E-state index in [-0.39, 0.29) is 66.8 Å². The number of azide groups is 1. The third kappa shape index (κ3) is 17.0. The van der Waals surface area contributed by atoms with Crippen LogP contribution in [0, 0.1) is 24.7 Å². The van der Waals surface area contributed by atoms with E-state index in [0.29, 0.717) is 50.0 Å². The summed E-state index contributed by atoms with van der Waals surface area (Å²) in [7, 11) is -4.44. The highest BCUT2D eigenvalue weighted by molar-refractivity contribution is 7.85. The lowest BCUT2D eigenvalue weighted by Crippen LogP contribution is -2.29. The maximum Gasteiger partial charge on any atom is 0.294 e. The summed E-state index contributed by atoms with van der Waals surface area (Å²) in [5.41, 5.74) is 16.5. The van der Waals surface area contributed by atoms with Crippen LogP contribution in [0.3, 0.4) is 0 Å². The number of nitrogens with zero attached hydrogens (tertiary/aromatic N) is 5. The number of unbranched alkanes of at least 4 members (excludes halogenated alkanes) is 2. The molecule has 3 aromatic rings. The fourth-order valence-electron chi connectivity index (χ4n) is 9.65. The molecule has 5 rings (SSSR count). The molecule has 2 unspecified atom stereocenters. The van der Waals surface area contributed by atoms with E-state index in [4.69, 9.17) is 19.7 Å². The topological polar surface area (TPSA) is 212 Å². The molecule has 0 bridgehead atoms. The molecule has 2 amide bonds. The number of hydrogen-bond donors (Lipinski definition) is 3. The van der Waals surface area contributed by atoms with Crippen molar-refractivity contribution in [3.8, 4) is 17.6 Å². The fourth-order valence-corrected chi connectivity index (χ4v) is 10.2. The van der Waals surface area contributed by atoms with Gasteiger partial charge < -0.3 is 29.7 Å². The number of ether oxygens (including phenoxy) is 3. The molecule has 2 aliphatic heterocycles. The van der Waals surface area contributed by atoms with Gasteiger partial charge in [0.05, 0.1) is 30.1 Å². The van der Waals surface area contributed by atoms with E-state index < -0.39 is 21.8 Å². The molecule has 0 saturated heterocycles. The molecule has 0 aliphatic carbocycles. The number of benzene rings is 3. The Morgan fingerprint density at radius 1 is 0.934 bits per heavy atom. The zero-order chi connectivity index (χ0) is 55.3. The monoisotopic (exact) mass is 1060 g/mol. The summed E-state index contributed by atoms with van der Waals surface area (Å²) in [5.74, 6) is 5.87. The van der Waals surface area contributed by atoms with Crippen LogP contribution < -0.4 is 20.3 Å². The summed E-state index contributed by atoms with van der Waals surface area (Å²) in [4.78, 5) is 42.9. The molecule has 0 radical (unpaired) electrons. The van der Waals surface area contributed by atoms with Crippen molar-refractivity contribution >= 4 is 44.8 Å². The van der Waals surface area contributed by atoms with Gasteiger partial charge in [0.1, 0.15) is 31.3 Å². The SMILES string of the molecule is CCCN1\C(=C/C=C/C=C/C2=[N+](CCC)c3ccc(C)cc3C2(C)C)C(C)(CCCCCC(=O)CCCNC(=O)c2cccc(OCC(N=[N+]=[N-])OCCOCC(=O)NCC#CC(C)C)c2)c2cc(S(=O)(=O)O)ccc21. The number of ketones is 1. The van der Waals surface area contributed by atoms with Gasteiger partial charge >= 0.3 is 0 Å². The molecule has 2 atom stereocenters. The van der Waals surface area contributed by atoms with Crippen LogP contribution in [0.2, 0.25) is 0 Å². The van der Waals surface area contributed by atoms with Gasteiger partial charge in [-0.15, -0.1) is 0 Å². The number of carbonyl (C=O) groups is 3. The fraction of sp³-hybridized carbons (Fsp3) is 0.492. The third-order valence-electron chi connectivity index (χ3n) is 13.4. The van der Waals surface area contributed by atoms with Crippen molar-refractivity contribution in [2.75, 3.05) is 57.5 Å². The molecule has 3 N–H and O–H groups in total. The summed E-state index contributed by atoms with van der Waals surface area (Å²) in [6, 6.07) is 18.1. The predicted octanol–water partition coefficient (Wildman–Crippen LogP) is 10.8. The van der Waals surface area contributed by atoms with Gasteiger partial charge in [0.2, 0.25) is 11.6 Å². The second-order valence-corrected chi connectivity index (χ2v) is 21.7. The quantitative estimate of drug-likeness (QED) is 0.00840. The van der Waals surface area contributed by atoms with Gasteiger partial charge in [0.25, 0.3) is 16.0 Å². The Balaban J connectivity index is 1.10. The van der Waals surface area contributed by atoms with Crippen molar-refractivity contribution in [3.63, 3.8) is 0 Å². The average molecular weight is 1060 g/mol. The number of amides is 2. The van der Waals surface area contributed by atoms with Crippen molar-refractivity contribution in [1.82, 2.24) is 10.6 Å². The smallest absolute Gasteiger partial charge is 0.294 e. The first-order valence-electron chi connectivity index (χ1n) is 26.6. The molecule has 0 aromatic heterocycles. The standard InChI is InChI=1S/C59H77N7O9S/c1-9-34-65-51-29-27-44(5)38-49(51)58(6,7)53(65)25-14-11-15-26-54-59(8,50-40-48(76(70,71)72)28-30-52(50)66(54)35-10-2)31-16-12-13-22-46(67)23-19-33-62-57(69)45-21-17-24-47(39-45)75-42-56(63-64-60)74-37-36-73-41-55(68)61-32-18-20-43(3)4/h11,14-15,17,21,24-30,38-40,43,56H,9-10,12-13,16,19,22-23,31-37,41-42H2,1-8H3,(H2-,61,62,68,69,70,71,72)/p+1. The summed E-state index contributed by atoms with van der Waals surface area (Å²) in [6.45, 7) is 19.1. The number of Topliss-reactive ketones (excluding diaryl/α,β-unsaturated/α-hetero) is 1. The van der Waals surface area contributed by atoms with Crippen molar-refractivity contribution < 1.29 is 46.1 Å². The molecule has 3 aromatic carbocycles. The number of aryl methyl sites for hydroxylation is 1. The lowest BCUT2D eigenvalue weighted by Gasteiger charge is -2.30. The van der Waals surface area contributed by atoms with Gasteiger partial charge in [-0.2, -0.15) is 13.0 Å². The molecular weight excluding hydrogens is 983 g/mol. The van der Waals surface area contributed by atoms with Crippen molar-refractivity contribution in [3.05, 3.63) is 129 Å². The Labute approximate surface area is 450 Å². The Hall–Kier alpha value is -6.54. The maximum absolute atomic E-state index is 13.0. The van der Waals surface area contributed by atoms with E-state index in [0.717, 1.165) is 55.7 Å². The van der Waals surface area contributed by atoms with Crippen LogP contribution in [0.25, 0.3) is 10.4 Å². The summed E-state index contributed by atoms with van der Waals surface area (Å²) in [5, 5.41) is 9.13. The lowest BCUT2D eigenvalue weighted by molar-refractivity contribution is -0.437. The van der Waals surface area contributed by atoms with Gasteiger partial charge in [-0.1, -0.05) is 93.4 Å². The second kappa shape index (κ2) is 29.1. The number of anilines is 1. The number of hydrogen-bond acceptors (Lipinski definition) is 10. The molecule has 2 aliphatic rings. The van der Waals surface area contributed by atoms with Gasteiger partial charge in [-0.05, 0) is 113 Å². The van der Waals surface area contributed by atoms with Crippen molar-refractivity contribution in [2.24, 2.45) is 11.0 Å². The van der Waals surface area contributed by atoms with Gasteiger partial charge in [-0.3, -0.25) is 18.9 Å². The number of carbonyl (C=O) groups excluding carboxylic acids is 3. The van der Waals surface area contributed by atoms with E-state index in [2.05, 4.69) is 132 Å². The zero-order valence-corrected chi connectivity index (χ0v) is 46.5. The molecule has 0 saturated carbocycles. The van der Waals surface area contributed by atoms with Crippen LogP contribution in [0.4, 0.5) is 11.4 Å². The number of allylic oxidation sites excluding steroid dienone is 6. The average Bonchev–Trinajstić information content (AvgIpc) is 3.74. The summed E-state index contributed by atoms with van der Waals surface area (Å²) < 4.78 is 54.0. The van der Waals surface area contributed by atoms with Crippen LogP contribution >= 0.6 is 0 Å². The Kier molecular flexibility index (Phi) is 23.1. The minimum atomic E-state index is -4.44. The molecule has 0 spiro atoms. The molecular formula is C59H78N7O9S+. The molecule has 17 heteroatoms. The first-order chi connectivity index (χ1) is 36.3. The van der Waals surface area contributed by atoms with Gasteiger partial charge in [-0.25, -0.2) is 0 Å². The van der Waals surface area contributed by atoms with Gasteiger partial charge in [0.15, 0.2) is 11.9 Å². The highest BCUT2D eigenvalue weighted by Gasteiger charge is 2.45. The summed E-state index contributed by atoms with van der Waals surface area (Å²) in [6.07, 6.45) is 15.6. The van der Waals surface area contributed by atoms with Gasteiger partial charge in [0, 0.05) is 83.3 Å². The summed E-state index contributed by atoms with van der Waals surface area (Å²) >= 11 is 0. The van der Waals surface area contributed by atoms with Crippen LogP contribution in [-0.4, -0.2) is 99.7 Å². The highest BCUT2D eigenvalue weighted by Crippen LogP contribution is 2.51. The molecule has 2 heterocycles. The van der Waals surface area contributed by atoms with E-state index in [1.165, 1.54) is 28.6 Å². The third-order valence-corrected chi connectivity index (χ3v) is 14.3. The number of nitrogens with one attached hydrogen (secondary N) is 2. The van der Waals surface area contributed by atoms with E-state index in [9.17, 15) is 27.4 Å². The van der Waals surface area contributed by atoms with Crippen LogP contribution in [-0.2, 0) is 40.0 Å². The largest absolute Gasteiger partial charge is 0.491 e. The normalized spacial score (nSPS) is 16.7. The maximum atomic E-state index is 13.0. The van der Waals surface area contributed by atoms with Crippen LogP contribution in [0.5, 0.6) is 5.75 Å². The predicted molar refractivity (Wildman–Crippen MR) is 299 cm³/mol. The molecule has 408 valence electrons. The van der Waals surface area contributed by atoms with Crippen molar-refractivity contribution in [1.29, 1.82) is 0 Å². The van der Waals surface area contributed by atoms with Crippen LogP contribution in [0.1, 0.15) is 133 Å². The Morgan fingerprint density at radius 3 is 2.46 bits per heavy atom. The minimum absolute atomic E-state index is 0.0421. The first kappa shape index (κ1) is 60.3. The van der Waals surface area contributed by atoms with E-state index in [1.807, 2.05) is 13.8 Å². The number of rotatable bonds is 30. The van der Waals surface area contributed by atoms with E-state index >= 15 is 0 Å². The van der Waals surface area contributed by atoms with Crippen molar-refractivity contribution in [2.45, 2.75) is 135 Å². The van der Waals surface area contributed by atoms with E-state index in [1.54, 1.807) is 36.4 Å². The molecule has 16 nitrogen and oxygen atoms in total. The minimum Gasteiger partial charge on any atom is -0.491 e. The Morgan fingerprint density at radius 2 is 1.72 bits per heavy atom. The molecule has 0 fully saturated rings. The zero-order valence-electron chi connectivity index (χ0n) is 45.7. The number of fused-ring (bicyclic) bond motifs is 2. The lowest BCUT2D eigenvalue weighted by atomic mass is 9.77. The molecule has 76 heavy (non-hydrogen) atoms. The second-order valence-electron chi connectivity index (χ2n) is 20.2. The first-order valence-corrected chi connectivity index (χ1v) is 28.0. The highest BCUT2D eigenvalue weighted by atomic mass is 32.2. The van der Waals surface area contributed by atoms with Crippen LogP contribution in [0.15, 0.2) is 107 Å².